The molecule has 0 unspecified atom stereocenters. The van der Waals surface area contributed by atoms with Crippen LogP contribution in [0, 0.1) is 11.8 Å². The summed E-state index contributed by atoms with van der Waals surface area (Å²) < 4.78 is 5.38. The van der Waals surface area contributed by atoms with E-state index in [2.05, 4.69) is 47.4 Å². The number of allylic oxidation sites excluding steroid dienone is 4. The molecule has 2 aromatic rings. The van der Waals surface area contributed by atoms with E-state index >= 15 is 0 Å². The Bertz CT molecular complexity index is 1150. The van der Waals surface area contributed by atoms with Crippen molar-refractivity contribution in [3.63, 3.8) is 0 Å². The molecular formula is C27H25Cl2NO2. The molecule has 0 fully saturated rings. The van der Waals surface area contributed by atoms with Crippen molar-refractivity contribution in [2.24, 2.45) is 11.8 Å². The predicted molar refractivity (Wildman–Crippen MR) is 129 cm³/mol. The second-order valence-corrected chi connectivity index (χ2v) is 10.1. The number of fused-ring (bicyclic) bond motifs is 4. The molecular weight excluding hydrogens is 441 g/mol. The molecule has 0 amide bonds. The van der Waals surface area contributed by atoms with Crippen LogP contribution < -0.4 is 4.90 Å². The van der Waals surface area contributed by atoms with Gasteiger partial charge in [-0.3, -0.25) is 0 Å². The maximum absolute atomic E-state index is 12.7. The molecule has 3 nitrogen and oxygen atoms in total. The van der Waals surface area contributed by atoms with Crippen LogP contribution in [-0.4, -0.2) is 19.1 Å². The summed E-state index contributed by atoms with van der Waals surface area (Å²) >= 11 is 13.2. The van der Waals surface area contributed by atoms with E-state index in [-0.39, 0.29) is 17.9 Å². The van der Waals surface area contributed by atoms with Gasteiger partial charge in [-0.1, -0.05) is 59.6 Å². The van der Waals surface area contributed by atoms with Gasteiger partial charge in [0.15, 0.2) is 0 Å². The van der Waals surface area contributed by atoms with Crippen LogP contribution in [0.3, 0.4) is 0 Å². The SMILES string of the molecule is CCOC(=O)c1cc2c3c(c1)[C@H]1C=CC[C@H]1[C@H](c1cccc(Cl)c1Cl)N3C[C@H]1CC=C[C@H]21. The fourth-order valence-electron chi connectivity index (χ4n) is 6.41. The molecule has 4 aliphatic rings. The van der Waals surface area contributed by atoms with Crippen molar-refractivity contribution in [1.82, 2.24) is 0 Å². The standard InChI is InChI=1S/C27H25Cl2NO2/c1-2-32-27(31)16-12-21-17-7-3-6-15(17)14-30-25(20-10-5-11-23(28)24(20)29)19-9-4-8-18(19)22(13-16)26(21)30/h3-5,7-8,10-13,15,17-19,25H,2,6,9,14H2,1H3/t15-,17+,18+,19-,25-/m1/s1. The number of carbonyl (C=O) groups excluding carboxylic acids is 1. The summed E-state index contributed by atoms with van der Waals surface area (Å²) in [5.41, 5.74) is 5.54. The highest BCUT2D eigenvalue weighted by molar-refractivity contribution is 6.42. The Balaban J connectivity index is 1.58. The number of carbonyl (C=O) groups is 1. The zero-order valence-corrected chi connectivity index (χ0v) is 19.4. The van der Waals surface area contributed by atoms with Gasteiger partial charge in [0, 0.05) is 24.1 Å². The zero-order chi connectivity index (χ0) is 22.0. The molecule has 0 radical (unpaired) electrons. The lowest BCUT2D eigenvalue weighted by Crippen LogP contribution is -2.46. The normalized spacial score (nSPS) is 29.0. The van der Waals surface area contributed by atoms with Crippen LogP contribution in [0.15, 0.2) is 54.6 Å². The van der Waals surface area contributed by atoms with Gasteiger partial charge in [-0.25, -0.2) is 4.79 Å². The lowest BCUT2D eigenvalue weighted by molar-refractivity contribution is 0.0526. The Kier molecular flexibility index (Phi) is 4.89. The molecule has 0 bridgehead atoms. The van der Waals surface area contributed by atoms with Gasteiger partial charge in [0.05, 0.1) is 28.3 Å². The average molecular weight is 466 g/mol. The van der Waals surface area contributed by atoms with Crippen LogP contribution in [0.5, 0.6) is 0 Å². The molecule has 6 rings (SSSR count). The number of nitrogens with zero attached hydrogens (tertiary/aromatic N) is 1. The van der Waals surface area contributed by atoms with E-state index in [0.29, 0.717) is 40.0 Å². The third-order valence-corrected chi connectivity index (χ3v) is 8.49. The number of hydrogen-bond donors (Lipinski definition) is 0. The number of halogens is 2. The predicted octanol–water partition coefficient (Wildman–Crippen LogP) is 7.06. The van der Waals surface area contributed by atoms with Gasteiger partial charge >= 0.3 is 5.97 Å². The van der Waals surface area contributed by atoms with E-state index in [1.165, 1.54) is 16.8 Å². The minimum atomic E-state index is -0.235. The Morgan fingerprint density at radius 3 is 2.62 bits per heavy atom. The number of hydrogen-bond acceptors (Lipinski definition) is 3. The largest absolute Gasteiger partial charge is 0.462 e. The molecule has 0 N–H and O–H groups in total. The molecule has 0 aromatic heterocycles. The summed E-state index contributed by atoms with van der Waals surface area (Å²) in [5.74, 6) is 1.21. The first-order valence-electron chi connectivity index (χ1n) is 11.5. The Morgan fingerprint density at radius 2 is 1.81 bits per heavy atom. The second kappa shape index (κ2) is 7.67. The topological polar surface area (TPSA) is 29.5 Å². The van der Waals surface area contributed by atoms with Crippen LogP contribution in [0.25, 0.3) is 0 Å². The van der Waals surface area contributed by atoms with Gasteiger partial charge in [0.1, 0.15) is 0 Å². The number of ether oxygens (including phenoxy) is 1. The third kappa shape index (κ3) is 2.90. The molecule has 5 heteroatoms. The molecule has 2 aliphatic heterocycles. The van der Waals surface area contributed by atoms with E-state index in [9.17, 15) is 4.79 Å². The van der Waals surface area contributed by atoms with Crippen LogP contribution in [0.2, 0.25) is 10.0 Å². The molecule has 0 saturated heterocycles. The third-order valence-electron chi connectivity index (χ3n) is 7.66. The average Bonchev–Trinajstić information content (AvgIpc) is 3.46. The second-order valence-electron chi connectivity index (χ2n) is 9.27. The van der Waals surface area contributed by atoms with Crippen molar-refractivity contribution in [3.05, 3.63) is 86.9 Å². The quantitative estimate of drug-likeness (QED) is 0.358. The van der Waals surface area contributed by atoms with Crippen molar-refractivity contribution in [2.75, 3.05) is 18.1 Å². The van der Waals surface area contributed by atoms with Crippen molar-refractivity contribution >= 4 is 34.9 Å². The highest BCUT2D eigenvalue weighted by Crippen LogP contribution is 2.59. The summed E-state index contributed by atoms with van der Waals surface area (Å²) in [6.07, 6.45) is 11.3. The summed E-state index contributed by atoms with van der Waals surface area (Å²) in [4.78, 5) is 15.3. The molecule has 2 aliphatic carbocycles. The monoisotopic (exact) mass is 465 g/mol. The summed E-state index contributed by atoms with van der Waals surface area (Å²) in [6.45, 7) is 3.21. The molecule has 5 atom stereocenters. The smallest absolute Gasteiger partial charge is 0.338 e. The summed E-state index contributed by atoms with van der Waals surface area (Å²) in [5, 5.41) is 1.26. The van der Waals surface area contributed by atoms with E-state index in [0.717, 1.165) is 24.9 Å². The van der Waals surface area contributed by atoms with E-state index in [1.54, 1.807) is 0 Å². The molecule has 0 saturated carbocycles. The summed E-state index contributed by atoms with van der Waals surface area (Å²) in [6, 6.07) is 10.3. The molecule has 164 valence electrons. The van der Waals surface area contributed by atoms with Gasteiger partial charge in [-0.15, -0.1) is 0 Å². The maximum Gasteiger partial charge on any atom is 0.338 e. The fourth-order valence-corrected chi connectivity index (χ4v) is 6.83. The van der Waals surface area contributed by atoms with Gasteiger partial charge in [-0.05, 0) is 66.5 Å². The Morgan fingerprint density at radius 1 is 1.06 bits per heavy atom. The fraction of sp³-hybridized carbons (Fsp3) is 0.370. The van der Waals surface area contributed by atoms with Crippen molar-refractivity contribution in [3.8, 4) is 0 Å². The van der Waals surface area contributed by atoms with Crippen LogP contribution in [0.1, 0.15) is 64.7 Å². The summed E-state index contributed by atoms with van der Waals surface area (Å²) in [7, 11) is 0. The minimum absolute atomic E-state index is 0.155. The number of benzene rings is 2. The molecule has 2 heterocycles. The van der Waals surface area contributed by atoms with Crippen molar-refractivity contribution in [2.45, 2.75) is 37.6 Å². The first-order valence-corrected chi connectivity index (χ1v) is 12.2. The van der Waals surface area contributed by atoms with Gasteiger partial charge in [0.2, 0.25) is 0 Å². The number of anilines is 1. The zero-order valence-electron chi connectivity index (χ0n) is 17.9. The maximum atomic E-state index is 12.7. The highest BCUT2D eigenvalue weighted by atomic mass is 35.5. The minimum Gasteiger partial charge on any atom is -0.462 e. The molecule has 32 heavy (non-hydrogen) atoms. The number of rotatable bonds is 3. The van der Waals surface area contributed by atoms with Gasteiger partial charge in [-0.2, -0.15) is 0 Å². The lowest BCUT2D eigenvalue weighted by Gasteiger charge is -2.51. The van der Waals surface area contributed by atoms with Crippen LogP contribution >= 0.6 is 23.2 Å². The molecule has 2 aromatic carbocycles. The first-order chi connectivity index (χ1) is 15.6. The first kappa shape index (κ1) is 20.4. The van der Waals surface area contributed by atoms with Crippen molar-refractivity contribution < 1.29 is 9.53 Å². The number of esters is 1. The van der Waals surface area contributed by atoms with Gasteiger partial charge in [0.25, 0.3) is 0 Å². The van der Waals surface area contributed by atoms with Crippen LogP contribution in [0.4, 0.5) is 5.69 Å². The van der Waals surface area contributed by atoms with Crippen molar-refractivity contribution in [1.29, 1.82) is 0 Å². The Hall–Kier alpha value is -2.23. The van der Waals surface area contributed by atoms with Gasteiger partial charge < -0.3 is 9.64 Å². The van der Waals surface area contributed by atoms with E-state index in [1.807, 2.05) is 19.1 Å². The lowest BCUT2D eigenvalue weighted by atomic mass is 9.70. The highest BCUT2D eigenvalue weighted by Gasteiger charge is 2.48. The van der Waals surface area contributed by atoms with Crippen LogP contribution in [-0.2, 0) is 4.74 Å². The van der Waals surface area contributed by atoms with E-state index in [4.69, 9.17) is 27.9 Å². The Labute approximate surface area is 198 Å². The molecule has 0 spiro atoms. The van der Waals surface area contributed by atoms with E-state index < -0.39 is 0 Å².